The van der Waals surface area contributed by atoms with E-state index in [1.807, 2.05) is 49.4 Å². The lowest BCUT2D eigenvalue weighted by Gasteiger charge is -2.02. The van der Waals surface area contributed by atoms with Gasteiger partial charge in [0, 0.05) is 18.0 Å². The van der Waals surface area contributed by atoms with E-state index in [4.69, 9.17) is 0 Å². The van der Waals surface area contributed by atoms with Gasteiger partial charge in [0.25, 0.3) is 0 Å². The molecule has 3 nitrogen and oxygen atoms in total. The minimum atomic E-state index is 0.914. The van der Waals surface area contributed by atoms with E-state index in [0.29, 0.717) is 0 Å². The minimum absolute atomic E-state index is 0.914. The Kier molecular flexibility index (Phi) is 3.28. The largest absolute Gasteiger partial charge is 0.278 e. The topological polar surface area (TPSA) is 37.3 Å². The van der Waals surface area contributed by atoms with Gasteiger partial charge < -0.3 is 0 Å². The average molecular weight is 211 g/mol. The van der Waals surface area contributed by atoms with Crippen LogP contribution >= 0.6 is 0 Å². The van der Waals surface area contributed by atoms with Crippen molar-refractivity contribution in [1.29, 1.82) is 0 Å². The van der Waals surface area contributed by atoms with Crippen molar-refractivity contribution in [3.05, 3.63) is 60.4 Å². The number of hydrazone groups is 1. The highest BCUT2D eigenvalue weighted by atomic mass is 15.3. The van der Waals surface area contributed by atoms with Crippen molar-refractivity contribution in [2.24, 2.45) is 5.10 Å². The Morgan fingerprint density at radius 2 is 1.94 bits per heavy atom. The highest BCUT2D eigenvalue weighted by molar-refractivity contribution is 5.98. The molecular weight excluding hydrogens is 198 g/mol. The number of pyridine rings is 1. The van der Waals surface area contributed by atoms with Crippen LogP contribution in [0.15, 0.2) is 60.0 Å². The molecule has 0 saturated heterocycles. The molecule has 0 bridgehead atoms. The molecule has 2 rings (SSSR count). The molecule has 0 amide bonds. The van der Waals surface area contributed by atoms with E-state index >= 15 is 0 Å². The molecule has 0 radical (unpaired) electrons. The number of hydrogen-bond donors (Lipinski definition) is 1. The number of anilines is 1. The molecule has 1 N–H and O–H groups in total. The lowest BCUT2D eigenvalue weighted by atomic mass is 10.2. The summed E-state index contributed by atoms with van der Waals surface area (Å²) < 4.78 is 0. The zero-order valence-electron chi connectivity index (χ0n) is 9.09. The van der Waals surface area contributed by atoms with Crippen molar-refractivity contribution in [2.45, 2.75) is 6.92 Å². The van der Waals surface area contributed by atoms with E-state index in [2.05, 4.69) is 15.5 Å². The van der Waals surface area contributed by atoms with Gasteiger partial charge >= 0.3 is 0 Å². The zero-order valence-corrected chi connectivity index (χ0v) is 9.09. The lowest BCUT2D eigenvalue weighted by molar-refractivity contribution is 1.28. The van der Waals surface area contributed by atoms with Crippen LogP contribution < -0.4 is 5.43 Å². The van der Waals surface area contributed by atoms with E-state index in [0.717, 1.165) is 17.0 Å². The molecular formula is C13H13N3. The van der Waals surface area contributed by atoms with Crippen LogP contribution in [0, 0.1) is 0 Å². The molecule has 1 aromatic carbocycles. The first kappa shape index (κ1) is 10.4. The van der Waals surface area contributed by atoms with Gasteiger partial charge in [-0.1, -0.05) is 24.3 Å². The maximum absolute atomic E-state index is 4.29. The second kappa shape index (κ2) is 5.07. The number of aromatic nitrogens is 1. The fourth-order valence-electron chi connectivity index (χ4n) is 1.30. The Bertz CT molecular complexity index is 463. The Morgan fingerprint density at radius 3 is 2.62 bits per heavy atom. The fraction of sp³-hybridized carbons (Fsp3) is 0.0769. The molecule has 0 spiro atoms. The van der Waals surface area contributed by atoms with Crippen LogP contribution in [-0.4, -0.2) is 10.7 Å². The minimum Gasteiger partial charge on any atom is -0.278 e. The van der Waals surface area contributed by atoms with Crippen molar-refractivity contribution < 1.29 is 0 Å². The van der Waals surface area contributed by atoms with Crippen LogP contribution in [0.25, 0.3) is 0 Å². The molecule has 0 unspecified atom stereocenters. The molecule has 0 aliphatic carbocycles. The average Bonchev–Trinajstić information content (AvgIpc) is 2.38. The van der Waals surface area contributed by atoms with Gasteiger partial charge in [0.15, 0.2) is 0 Å². The molecule has 2 aromatic rings. The number of nitrogens with one attached hydrogen (secondary N) is 1. The summed E-state index contributed by atoms with van der Waals surface area (Å²) in [7, 11) is 0. The zero-order chi connectivity index (χ0) is 11.2. The molecule has 0 fully saturated rings. The Hall–Kier alpha value is -2.16. The van der Waals surface area contributed by atoms with Crippen LogP contribution in [0.4, 0.5) is 5.69 Å². The first-order valence-electron chi connectivity index (χ1n) is 5.12. The molecule has 16 heavy (non-hydrogen) atoms. The van der Waals surface area contributed by atoms with E-state index < -0.39 is 0 Å². The predicted molar refractivity (Wildman–Crippen MR) is 66.5 cm³/mol. The summed E-state index contributed by atoms with van der Waals surface area (Å²) in [6.45, 7) is 1.95. The second-order valence-corrected chi connectivity index (χ2v) is 3.42. The van der Waals surface area contributed by atoms with Crippen molar-refractivity contribution in [1.82, 2.24) is 4.98 Å². The third kappa shape index (κ3) is 2.67. The van der Waals surface area contributed by atoms with Crippen molar-refractivity contribution in [2.75, 3.05) is 5.43 Å². The van der Waals surface area contributed by atoms with Gasteiger partial charge in [-0.25, -0.2) is 0 Å². The molecule has 0 saturated carbocycles. The predicted octanol–water partition coefficient (Wildman–Crippen LogP) is 2.92. The number of nitrogens with zero attached hydrogens (tertiary/aromatic N) is 2. The summed E-state index contributed by atoms with van der Waals surface area (Å²) in [4.78, 5) is 4.05. The third-order valence-corrected chi connectivity index (χ3v) is 2.21. The van der Waals surface area contributed by atoms with Crippen LogP contribution in [0.1, 0.15) is 12.5 Å². The van der Waals surface area contributed by atoms with E-state index in [1.54, 1.807) is 12.4 Å². The monoisotopic (exact) mass is 211 g/mol. The van der Waals surface area contributed by atoms with Gasteiger partial charge in [-0.2, -0.15) is 5.10 Å². The third-order valence-electron chi connectivity index (χ3n) is 2.21. The maximum atomic E-state index is 4.29. The van der Waals surface area contributed by atoms with Crippen LogP contribution in [0.2, 0.25) is 0 Å². The quantitative estimate of drug-likeness (QED) is 0.626. The Morgan fingerprint density at radius 1 is 1.12 bits per heavy atom. The normalized spacial score (nSPS) is 11.2. The highest BCUT2D eigenvalue weighted by Crippen LogP contribution is 2.06. The van der Waals surface area contributed by atoms with E-state index in [9.17, 15) is 0 Å². The smallest absolute Gasteiger partial charge is 0.0663 e. The van der Waals surface area contributed by atoms with Crippen molar-refractivity contribution >= 4 is 11.4 Å². The number of benzene rings is 1. The standard InChI is InChI=1S/C13H13N3/c1-11(12-6-5-9-14-10-12)15-16-13-7-3-2-4-8-13/h2-10,16H,1H3. The van der Waals surface area contributed by atoms with Gasteiger partial charge in [-0.15, -0.1) is 0 Å². The summed E-state index contributed by atoms with van der Waals surface area (Å²) in [5.74, 6) is 0. The van der Waals surface area contributed by atoms with Gasteiger partial charge in [0.05, 0.1) is 11.4 Å². The van der Waals surface area contributed by atoms with E-state index in [1.165, 1.54) is 0 Å². The lowest BCUT2D eigenvalue weighted by Crippen LogP contribution is -1.99. The molecule has 1 heterocycles. The molecule has 80 valence electrons. The summed E-state index contributed by atoms with van der Waals surface area (Å²) in [5.41, 5.74) is 5.91. The first-order chi connectivity index (χ1) is 7.86. The van der Waals surface area contributed by atoms with Crippen LogP contribution in [-0.2, 0) is 0 Å². The first-order valence-corrected chi connectivity index (χ1v) is 5.12. The summed E-state index contributed by atoms with van der Waals surface area (Å²) in [5, 5.41) is 4.29. The highest BCUT2D eigenvalue weighted by Gasteiger charge is 1.95. The summed E-state index contributed by atoms with van der Waals surface area (Å²) in [6.07, 6.45) is 3.55. The summed E-state index contributed by atoms with van der Waals surface area (Å²) in [6, 6.07) is 13.7. The Labute approximate surface area is 94.9 Å². The fourth-order valence-corrected chi connectivity index (χ4v) is 1.30. The van der Waals surface area contributed by atoms with E-state index in [-0.39, 0.29) is 0 Å². The van der Waals surface area contributed by atoms with Crippen molar-refractivity contribution in [3.63, 3.8) is 0 Å². The summed E-state index contributed by atoms with van der Waals surface area (Å²) >= 11 is 0. The number of para-hydroxylation sites is 1. The van der Waals surface area contributed by atoms with Gasteiger partial charge in [0.2, 0.25) is 0 Å². The maximum Gasteiger partial charge on any atom is 0.0663 e. The number of rotatable bonds is 3. The van der Waals surface area contributed by atoms with Gasteiger partial charge in [-0.05, 0) is 25.1 Å². The molecule has 1 aromatic heterocycles. The molecule has 0 aliphatic heterocycles. The van der Waals surface area contributed by atoms with Crippen molar-refractivity contribution in [3.8, 4) is 0 Å². The number of hydrogen-bond acceptors (Lipinski definition) is 3. The SMILES string of the molecule is CC(=NNc1ccccc1)c1cccnc1. The second-order valence-electron chi connectivity index (χ2n) is 3.42. The van der Waals surface area contributed by atoms with Gasteiger partial charge in [-0.3, -0.25) is 10.4 Å². The molecule has 0 atom stereocenters. The van der Waals surface area contributed by atoms with Crippen LogP contribution in [0.3, 0.4) is 0 Å². The van der Waals surface area contributed by atoms with Gasteiger partial charge in [0.1, 0.15) is 0 Å². The molecule has 3 heteroatoms. The Balaban J connectivity index is 2.09. The molecule has 0 aliphatic rings. The van der Waals surface area contributed by atoms with Crippen LogP contribution in [0.5, 0.6) is 0 Å².